The molecule has 0 atom stereocenters. The Morgan fingerprint density at radius 3 is 2.12 bits per heavy atom. The summed E-state index contributed by atoms with van der Waals surface area (Å²) in [5, 5.41) is 11.0. The number of hydrogen-bond donors (Lipinski definition) is 0. The molecule has 6 nitrogen and oxygen atoms in total. The Labute approximate surface area is 154 Å². The zero-order valence-electron chi connectivity index (χ0n) is 14.2. The van der Waals surface area contributed by atoms with Crippen molar-refractivity contribution in [1.29, 1.82) is 0 Å². The number of benzene rings is 2. The molecule has 0 saturated carbocycles. The van der Waals surface area contributed by atoms with Crippen molar-refractivity contribution >= 4 is 40.5 Å². The van der Waals surface area contributed by atoms with E-state index in [4.69, 9.17) is 0 Å². The van der Waals surface area contributed by atoms with Gasteiger partial charge < -0.3 is 0 Å². The molecule has 3 rings (SSSR count). The number of nitrogens with zero attached hydrogens (tertiary/aromatic N) is 2. The molecule has 0 bridgehead atoms. The maximum atomic E-state index is 13.0. The van der Waals surface area contributed by atoms with Gasteiger partial charge in [0.15, 0.2) is 0 Å². The van der Waals surface area contributed by atoms with Gasteiger partial charge in [0.25, 0.3) is 17.5 Å². The lowest BCUT2D eigenvalue weighted by molar-refractivity contribution is -0.384. The molecule has 0 N–H and O–H groups in total. The van der Waals surface area contributed by atoms with E-state index in [1.807, 2.05) is 19.9 Å². The number of para-hydroxylation sites is 1. The summed E-state index contributed by atoms with van der Waals surface area (Å²) >= 11 is 1.32. The average molecular weight is 368 g/mol. The highest BCUT2D eigenvalue weighted by Crippen LogP contribution is 2.40. The van der Waals surface area contributed by atoms with Crippen LogP contribution in [0.15, 0.2) is 59.5 Å². The van der Waals surface area contributed by atoms with Crippen LogP contribution in [0.1, 0.15) is 19.4 Å². The van der Waals surface area contributed by atoms with Crippen molar-refractivity contribution in [1.82, 2.24) is 0 Å². The van der Waals surface area contributed by atoms with Crippen molar-refractivity contribution in [3.63, 3.8) is 0 Å². The van der Waals surface area contributed by atoms with E-state index in [0.29, 0.717) is 16.2 Å². The fraction of sp³-hybridized carbons (Fsp3) is 0.158. The molecule has 0 unspecified atom stereocenters. The molecule has 2 amide bonds. The Morgan fingerprint density at radius 2 is 1.58 bits per heavy atom. The quantitative estimate of drug-likeness (QED) is 0.452. The zero-order chi connectivity index (χ0) is 18.8. The maximum absolute atomic E-state index is 13.0. The molecular formula is C19H16N2O4S. The summed E-state index contributed by atoms with van der Waals surface area (Å²) in [6, 6.07) is 14.4. The van der Waals surface area contributed by atoms with Crippen LogP contribution in [0.25, 0.3) is 5.57 Å². The second kappa shape index (κ2) is 7.13. The number of thioether (sulfide) groups is 1. The van der Waals surface area contributed by atoms with Crippen molar-refractivity contribution < 1.29 is 14.5 Å². The van der Waals surface area contributed by atoms with Gasteiger partial charge in [-0.1, -0.05) is 32.0 Å². The molecule has 1 aliphatic heterocycles. The summed E-state index contributed by atoms with van der Waals surface area (Å²) in [5.41, 5.74) is 1.22. The molecule has 2 aromatic rings. The smallest absolute Gasteiger partial charge is 0.268 e. The number of hydrogen-bond acceptors (Lipinski definition) is 5. The third-order valence-electron chi connectivity index (χ3n) is 3.78. The second-order valence-electron chi connectivity index (χ2n) is 5.96. The van der Waals surface area contributed by atoms with E-state index in [9.17, 15) is 19.7 Å². The van der Waals surface area contributed by atoms with Gasteiger partial charge >= 0.3 is 0 Å². The van der Waals surface area contributed by atoms with E-state index >= 15 is 0 Å². The predicted octanol–water partition coefficient (Wildman–Crippen LogP) is 4.02. The van der Waals surface area contributed by atoms with Gasteiger partial charge in [0.1, 0.15) is 0 Å². The molecule has 0 fully saturated rings. The van der Waals surface area contributed by atoms with Gasteiger partial charge in [-0.3, -0.25) is 19.7 Å². The molecule has 7 heteroatoms. The molecule has 1 heterocycles. The van der Waals surface area contributed by atoms with Gasteiger partial charge in [0.2, 0.25) is 0 Å². The summed E-state index contributed by atoms with van der Waals surface area (Å²) in [5.74, 6) is -0.786. The predicted molar refractivity (Wildman–Crippen MR) is 102 cm³/mol. The number of imide groups is 1. The highest BCUT2D eigenvalue weighted by Gasteiger charge is 2.40. The van der Waals surface area contributed by atoms with Crippen LogP contribution >= 0.6 is 11.8 Å². The number of non-ortho nitro benzene ring substituents is 1. The first-order valence-corrected chi connectivity index (χ1v) is 8.87. The summed E-state index contributed by atoms with van der Waals surface area (Å²) in [4.78, 5) is 37.8. The molecule has 132 valence electrons. The van der Waals surface area contributed by atoms with Crippen molar-refractivity contribution in [2.45, 2.75) is 19.1 Å². The van der Waals surface area contributed by atoms with E-state index in [2.05, 4.69) is 0 Å². The highest BCUT2D eigenvalue weighted by atomic mass is 32.2. The van der Waals surface area contributed by atoms with Crippen molar-refractivity contribution in [3.8, 4) is 0 Å². The van der Waals surface area contributed by atoms with E-state index in [0.717, 1.165) is 4.90 Å². The molecule has 26 heavy (non-hydrogen) atoms. The summed E-state index contributed by atoms with van der Waals surface area (Å²) in [7, 11) is 0. The first kappa shape index (κ1) is 17.9. The number of amides is 2. The molecular weight excluding hydrogens is 352 g/mol. The van der Waals surface area contributed by atoms with E-state index in [-0.39, 0.29) is 22.4 Å². The topological polar surface area (TPSA) is 80.5 Å². The first-order valence-electron chi connectivity index (χ1n) is 7.99. The minimum Gasteiger partial charge on any atom is -0.268 e. The average Bonchev–Trinajstić information content (AvgIpc) is 2.85. The maximum Gasteiger partial charge on any atom is 0.272 e. The zero-order valence-corrected chi connectivity index (χ0v) is 15.0. The van der Waals surface area contributed by atoms with Crippen LogP contribution in [-0.2, 0) is 9.59 Å². The largest absolute Gasteiger partial charge is 0.272 e. The normalized spacial score (nSPS) is 14.5. The van der Waals surface area contributed by atoms with Crippen molar-refractivity contribution in [2.24, 2.45) is 0 Å². The summed E-state index contributed by atoms with van der Waals surface area (Å²) < 4.78 is 0. The third kappa shape index (κ3) is 3.25. The van der Waals surface area contributed by atoms with Crippen LogP contribution < -0.4 is 4.90 Å². The minimum absolute atomic E-state index is 0.0656. The molecule has 0 spiro atoms. The number of rotatable bonds is 5. The standard InChI is InChI=1S/C19H16N2O4S/c1-12(2)26-17-16(13-8-10-15(11-9-13)21(24)25)18(22)20(19(17)23)14-6-4-3-5-7-14/h3-12H,1-2H3. The molecule has 0 aliphatic carbocycles. The molecule has 0 saturated heterocycles. The lowest BCUT2D eigenvalue weighted by Gasteiger charge is -2.15. The number of anilines is 1. The SMILES string of the molecule is CC(C)SC1=C(c2ccc([N+](=O)[O-])cc2)C(=O)N(c2ccccc2)C1=O. The van der Waals surface area contributed by atoms with Crippen molar-refractivity contribution in [2.75, 3.05) is 4.90 Å². The summed E-state index contributed by atoms with van der Waals surface area (Å²) in [6.45, 7) is 3.88. The van der Waals surface area contributed by atoms with E-state index in [1.165, 1.54) is 36.0 Å². The Hall–Kier alpha value is -2.93. The van der Waals surface area contributed by atoms with Crippen LogP contribution in [0.2, 0.25) is 0 Å². The monoisotopic (exact) mass is 368 g/mol. The van der Waals surface area contributed by atoms with E-state index < -0.39 is 10.8 Å². The van der Waals surface area contributed by atoms with Gasteiger partial charge in [-0.2, -0.15) is 0 Å². The fourth-order valence-electron chi connectivity index (χ4n) is 2.67. The lowest BCUT2D eigenvalue weighted by Crippen LogP contribution is -2.31. The Bertz CT molecular complexity index is 905. The second-order valence-corrected chi connectivity index (χ2v) is 7.54. The molecule has 1 aliphatic rings. The van der Waals surface area contributed by atoms with Gasteiger partial charge in [0, 0.05) is 17.4 Å². The minimum atomic E-state index is -0.500. The number of carbonyl (C=O) groups excluding carboxylic acids is 2. The van der Waals surface area contributed by atoms with Gasteiger partial charge in [-0.15, -0.1) is 11.8 Å². The Kier molecular flexibility index (Phi) is 4.90. The Balaban J connectivity index is 2.08. The van der Waals surface area contributed by atoms with Crippen LogP contribution in [0.3, 0.4) is 0 Å². The molecule has 2 aromatic carbocycles. The summed E-state index contributed by atoms with van der Waals surface area (Å²) in [6.07, 6.45) is 0. The van der Waals surface area contributed by atoms with E-state index in [1.54, 1.807) is 24.3 Å². The van der Waals surface area contributed by atoms with Crippen LogP contribution in [0.5, 0.6) is 0 Å². The number of nitro benzene ring substituents is 1. The lowest BCUT2D eigenvalue weighted by atomic mass is 10.1. The number of carbonyl (C=O) groups is 2. The van der Waals surface area contributed by atoms with Crippen molar-refractivity contribution in [3.05, 3.63) is 75.2 Å². The number of nitro groups is 1. The molecule has 0 aromatic heterocycles. The van der Waals surface area contributed by atoms with Gasteiger partial charge in [0.05, 0.1) is 21.1 Å². The van der Waals surface area contributed by atoms with Crippen LogP contribution in [0.4, 0.5) is 11.4 Å². The van der Waals surface area contributed by atoms with Crippen LogP contribution in [-0.4, -0.2) is 22.0 Å². The fourth-order valence-corrected chi connectivity index (χ4v) is 3.66. The van der Waals surface area contributed by atoms with Gasteiger partial charge in [-0.25, -0.2) is 4.90 Å². The first-order chi connectivity index (χ1) is 12.4. The Morgan fingerprint density at radius 1 is 0.962 bits per heavy atom. The highest BCUT2D eigenvalue weighted by molar-refractivity contribution is 8.04. The third-order valence-corrected chi connectivity index (χ3v) is 4.86. The van der Waals surface area contributed by atoms with Gasteiger partial charge in [-0.05, 0) is 29.8 Å². The van der Waals surface area contributed by atoms with Crippen LogP contribution in [0, 0.1) is 10.1 Å². The molecule has 0 radical (unpaired) electrons.